The first kappa shape index (κ1) is 13.4. The van der Waals surface area contributed by atoms with Crippen molar-refractivity contribution in [1.29, 1.82) is 0 Å². The van der Waals surface area contributed by atoms with Gasteiger partial charge in [0.15, 0.2) is 0 Å². The van der Waals surface area contributed by atoms with E-state index in [0.717, 1.165) is 12.5 Å². The topological polar surface area (TPSA) is 3.24 Å². The molecule has 98 valence electrons. The summed E-state index contributed by atoms with van der Waals surface area (Å²) in [6.07, 6.45) is 7.44. The van der Waals surface area contributed by atoms with E-state index in [1.54, 1.807) is 0 Å². The van der Waals surface area contributed by atoms with Crippen LogP contribution < -0.4 is 0 Å². The van der Waals surface area contributed by atoms with Gasteiger partial charge in [-0.2, -0.15) is 0 Å². The van der Waals surface area contributed by atoms with Crippen molar-refractivity contribution in [2.45, 2.75) is 39.2 Å². The molecule has 0 spiro atoms. The molecule has 1 fully saturated rings. The summed E-state index contributed by atoms with van der Waals surface area (Å²) in [6.45, 7) is 9.74. The first-order valence-electron chi connectivity index (χ1n) is 7.25. The van der Waals surface area contributed by atoms with Crippen LogP contribution in [-0.2, 0) is 6.54 Å². The summed E-state index contributed by atoms with van der Waals surface area (Å²) in [5.41, 5.74) is 2.63. The van der Waals surface area contributed by atoms with Gasteiger partial charge in [0.2, 0.25) is 0 Å². The maximum absolute atomic E-state index is 3.79. The van der Waals surface area contributed by atoms with Crippen LogP contribution in [0.5, 0.6) is 0 Å². The van der Waals surface area contributed by atoms with E-state index in [2.05, 4.69) is 42.7 Å². The summed E-state index contributed by atoms with van der Waals surface area (Å²) in [7, 11) is 0. The molecule has 0 aliphatic carbocycles. The molecule has 1 aromatic rings. The molecule has 0 atom stereocenters. The van der Waals surface area contributed by atoms with Gasteiger partial charge in [-0.15, -0.1) is 0 Å². The van der Waals surface area contributed by atoms with Crippen LogP contribution in [0, 0.1) is 5.92 Å². The van der Waals surface area contributed by atoms with Crippen molar-refractivity contribution in [1.82, 2.24) is 4.90 Å². The molecule has 0 aromatic heterocycles. The molecule has 1 heterocycles. The highest BCUT2D eigenvalue weighted by atomic mass is 15.1. The highest BCUT2D eigenvalue weighted by molar-refractivity contribution is 5.47. The average molecular weight is 243 g/mol. The lowest BCUT2D eigenvalue weighted by molar-refractivity contribution is 0.172. The predicted molar refractivity (Wildman–Crippen MR) is 79.4 cm³/mol. The van der Waals surface area contributed by atoms with Crippen LogP contribution in [-0.4, -0.2) is 18.0 Å². The van der Waals surface area contributed by atoms with E-state index in [1.807, 2.05) is 6.08 Å². The summed E-state index contributed by atoms with van der Waals surface area (Å²) >= 11 is 0. The van der Waals surface area contributed by atoms with Crippen molar-refractivity contribution in [3.63, 3.8) is 0 Å². The summed E-state index contributed by atoms with van der Waals surface area (Å²) < 4.78 is 0. The maximum Gasteiger partial charge on any atom is 0.0233 e. The van der Waals surface area contributed by atoms with E-state index in [1.165, 1.54) is 49.9 Å². The number of piperidine rings is 1. The lowest BCUT2D eigenvalue weighted by atomic mass is 9.92. The van der Waals surface area contributed by atoms with E-state index in [0.29, 0.717) is 0 Å². The molecule has 18 heavy (non-hydrogen) atoms. The molecule has 0 N–H and O–H groups in total. The minimum atomic E-state index is 0.981. The summed E-state index contributed by atoms with van der Waals surface area (Å²) in [4.78, 5) is 2.59. The first-order valence-corrected chi connectivity index (χ1v) is 7.25. The fraction of sp³-hybridized carbons (Fsp3) is 0.529. The van der Waals surface area contributed by atoms with Gasteiger partial charge in [0.25, 0.3) is 0 Å². The summed E-state index contributed by atoms with van der Waals surface area (Å²) in [6, 6.07) is 8.78. The third kappa shape index (κ3) is 3.71. The van der Waals surface area contributed by atoms with Gasteiger partial charge in [-0.05, 0) is 43.0 Å². The van der Waals surface area contributed by atoms with Gasteiger partial charge in [0.1, 0.15) is 0 Å². The maximum atomic E-state index is 3.79. The van der Waals surface area contributed by atoms with Gasteiger partial charge in [-0.25, -0.2) is 0 Å². The van der Waals surface area contributed by atoms with Crippen LogP contribution in [0.15, 0.2) is 30.8 Å². The molecule has 1 aliphatic heterocycles. The van der Waals surface area contributed by atoms with Crippen LogP contribution in [0.3, 0.4) is 0 Å². The zero-order chi connectivity index (χ0) is 12.8. The highest BCUT2D eigenvalue weighted by Crippen LogP contribution is 2.22. The lowest BCUT2D eigenvalue weighted by Gasteiger charge is -2.31. The number of hydrogen-bond acceptors (Lipinski definition) is 1. The third-order valence-electron chi connectivity index (χ3n) is 4.03. The summed E-state index contributed by atoms with van der Waals surface area (Å²) in [5.74, 6) is 0.981. The Morgan fingerprint density at radius 3 is 2.44 bits per heavy atom. The number of likely N-dealkylation sites (tertiary alicyclic amines) is 1. The van der Waals surface area contributed by atoms with E-state index >= 15 is 0 Å². The molecule has 1 aromatic carbocycles. The fourth-order valence-corrected chi connectivity index (χ4v) is 2.86. The zero-order valence-corrected chi connectivity index (χ0v) is 11.6. The second-order valence-electron chi connectivity index (χ2n) is 5.45. The van der Waals surface area contributed by atoms with Gasteiger partial charge >= 0.3 is 0 Å². The van der Waals surface area contributed by atoms with Crippen molar-refractivity contribution < 1.29 is 0 Å². The van der Waals surface area contributed by atoms with Gasteiger partial charge in [0, 0.05) is 6.54 Å². The Morgan fingerprint density at radius 2 is 1.89 bits per heavy atom. The number of benzene rings is 1. The predicted octanol–water partition coefficient (Wildman–Crippen LogP) is 4.34. The highest BCUT2D eigenvalue weighted by Gasteiger charge is 2.18. The molecule has 1 heteroatoms. The Hall–Kier alpha value is -1.08. The van der Waals surface area contributed by atoms with E-state index < -0.39 is 0 Å². The fourth-order valence-electron chi connectivity index (χ4n) is 2.86. The molecular formula is C17H25N. The number of nitrogens with zero attached hydrogens (tertiary/aromatic N) is 1. The van der Waals surface area contributed by atoms with E-state index in [4.69, 9.17) is 0 Å². The normalized spacial score (nSPS) is 17.8. The molecule has 2 rings (SSSR count). The minimum Gasteiger partial charge on any atom is -0.299 e. The number of hydrogen-bond donors (Lipinski definition) is 0. The Labute approximate surface area is 112 Å². The van der Waals surface area contributed by atoms with Gasteiger partial charge in [-0.1, -0.05) is 56.7 Å². The van der Waals surface area contributed by atoms with E-state index in [-0.39, 0.29) is 0 Å². The van der Waals surface area contributed by atoms with Crippen molar-refractivity contribution >= 4 is 6.08 Å². The minimum absolute atomic E-state index is 0.981. The SMILES string of the molecule is C=Cc1ccc(CN2CCC(CCC)CC2)cc1. The Balaban J connectivity index is 1.81. The molecule has 1 aliphatic rings. The Morgan fingerprint density at radius 1 is 1.22 bits per heavy atom. The van der Waals surface area contributed by atoms with Crippen molar-refractivity contribution in [3.8, 4) is 0 Å². The molecule has 0 amide bonds. The second-order valence-corrected chi connectivity index (χ2v) is 5.45. The molecule has 0 radical (unpaired) electrons. The second kappa shape index (κ2) is 6.75. The van der Waals surface area contributed by atoms with Crippen molar-refractivity contribution in [2.24, 2.45) is 5.92 Å². The van der Waals surface area contributed by atoms with Crippen molar-refractivity contribution in [2.75, 3.05) is 13.1 Å². The van der Waals surface area contributed by atoms with Crippen LogP contribution in [0.1, 0.15) is 43.7 Å². The van der Waals surface area contributed by atoms with E-state index in [9.17, 15) is 0 Å². The molecular weight excluding hydrogens is 218 g/mol. The molecule has 1 nitrogen and oxygen atoms in total. The lowest BCUT2D eigenvalue weighted by Crippen LogP contribution is -2.33. The monoisotopic (exact) mass is 243 g/mol. The van der Waals surface area contributed by atoms with Gasteiger partial charge < -0.3 is 0 Å². The van der Waals surface area contributed by atoms with Gasteiger partial charge in [-0.3, -0.25) is 4.90 Å². The standard InChI is InChI=1S/C17H25N/c1-3-5-16-10-12-18(13-11-16)14-17-8-6-15(4-2)7-9-17/h4,6-9,16H,2-3,5,10-14H2,1H3. The number of rotatable bonds is 5. The Kier molecular flexibility index (Phi) is 5.00. The van der Waals surface area contributed by atoms with Gasteiger partial charge in [0.05, 0.1) is 0 Å². The molecule has 0 saturated carbocycles. The van der Waals surface area contributed by atoms with Crippen LogP contribution in [0.4, 0.5) is 0 Å². The zero-order valence-electron chi connectivity index (χ0n) is 11.6. The smallest absolute Gasteiger partial charge is 0.0233 e. The average Bonchev–Trinajstić information content (AvgIpc) is 2.42. The molecule has 1 saturated heterocycles. The first-order chi connectivity index (χ1) is 8.81. The Bertz CT molecular complexity index is 358. The van der Waals surface area contributed by atoms with Crippen LogP contribution in [0.25, 0.3) is 6.08 Å². The molecule has 0 unspecified atom stereocenters. The van der Waals surface area contributed by atoms with Crippen LogP contribution >= 0.6 is 0 Å². The molecule has 0 bridgehead atoms. The van der Waals surface area contributed by atoms with Crippen LogP contribution in [0.2, 0.25) is 0 Å². The summed E-state index contributed by atoms with van der Waals surface area (Å²) in [5, 5.41) is 0. The third-order valence-corrected chi connectivity index (χ3v) is 4.03. The largest absolute Gasteiger partial charge is 0.299 e. The quantitative estimate of drug-likeness (QED) is 0.743. The van der Waals surface area contributed by atoms with Crippen molar-refractivity contribution in [3.05, 3.63) is 42.0 Å².